The number of benzene rings is 1. The minimum absolute atomic E-state index is 1.31. The summed E-state index contributed by atoms with van der Waals surface area (Å²) in [7, 11) is 0. The average Bonchev–Trinajstić information content (AvgIpc) is 3.98. The van der Waals surface area contributed by atoms with Gasteiger partial charge in [-0.15, -0.1) is 69.3 Å². The fourth-order valence-electron chi connectivity index (χ4n) is 5.50. The van der Waals surface area contributed by atoms with E-state index in [0.29, 0.717) is 0 Å². The van der Waals surface area contributed by atoms with Crippen LogP contribution in [0.5, 0.6) is 0 Å². The Hall–Kier alpha value is -0.870. The van der Waals surface area contributed by atoms with Crippen molar-refractivity contribution in [1.29, 1.82) is 0 Å². The van der Waals surface area contributed by atoms with Gasteiger partial charge in [-0.25, -0.2) is 0 Å². The quantitative estimate of drug-likeness (QED) is 0.196. The maximum atomic E-state index is 2.48. The standard InChI is InChI=1S/C36H18S12/c1-7-37-8-2-19(1)34-40-16-28(46-34)25-13-22-31(43-25)23-14-26(29-17-41-35(47-29)20-3-9-38-10-4-20)45-33(23)24-15-27(44-32(22)24)30-18-42-36(48-30)21-5-11-39-12-6-21/h1-18H. The number of hydrogen-bond acceptors (Lipinski definition) is 12. The van der Waals surface area contributed by atoms with Crippen LogP contribution in [0.1, 0.15) is 14.6 Å². The molecule has 0 nitrogen and oxygen atoms in total. The molecule has 0 saturated carbocycles. The highest BCUT2D eigenvalue weighted by Crippen LogP contribution is 2.58. The highest BCUT2D eigenvalue weighted by molar-refractivity contribution is 8.32. The van der Waals surface area contributed by atoms with Gasteiger partial charge in [0, 0.05) is 59.6 Å². The Balaban J connectivity index is 1.08. The van der Waals surface area contributed by atoms with Crippen LogP contribution in [0.4, 0.5) is 0 Å². The summed E-state index contributed by atoms with van der Waals surface area (Å²) in [6.45, 7) is 0. The van der Waals surface area contributed by atoms with Gasteiger partial charge >= 0.3 is 0 Å². The lowest BCUT2D eigenvalue weighted by Crippen LogP contribution is -1.77. The summed E-state index contributed by atoms with van der Waals surface area (Å²) in [6.07, 6.45) is 13.4. The van der Waals surface area contributed by atoms with Crippen molar-refractivity contribution in [2.45, 2.75) is 0 Å². The van der Waals surface area contributed by atoms with Crippen LogP contribution in [0, 0.1) is 0 Å². The van der Waals surface area contributed by atoms with E-state index < -0.39 is 0 Å². The van der Waals surface area contributed by atoms with Crippen molar-refractivity contribution in [2.24, 2.45) is 0 Å². The lowest BCUT2D eigenvalue weighted by molar-refractivity contribution is 1.75. The molecule has 12 heteroatoms. The molecule has 0 spiro atoms. The van der Waals surface area contributed by atoms with E-state index in [1.165, 1.54) is 89.0 Å². The minimum atomic E-state index is 1.31. The normalized spacial score (nSPS) is 20.6. The van der Waals surface area contributed by atoms with Crippen LogP contribution in [0.2, 0.25) is 0 Å². The number of thiophene rings is 3. The maximum absolute atomic E-state index is 2.48. The molecular formula is C36H18S12. The van der Waals surface area contributed by atoms with Crippen molar-refractivity contribution in [1.82, 2.24) is 0 Å². The summed E-state index contributed by atoms with van der Waals surface area (Å²) >= 11 is 22.4. The van der Waals surface area contributed by atoms with Crippen molar-refractivity contribution in [3.8, 4) is 0 Å². The zero-order valence-electron chi connectivity index (χ0n) is 24.3. The third-order valence-electron chi connectivity index (χ3n) is 7.75. The average molecular weight is 835 g/mol. The van der Waals surface area contributed by atoms with Gasteiger partial charge in [0.15, 0.2) is 0 Å². The van der Waals surface area contributed by atoms with Crippen molar-refractivity contribution < 1.29 is 0 Å². The maximum Gasteiger partial charge on any atom is 0.0566 e. The molecule has 6 aliphatic rings. The lowest BCUT2D eigenvalue weighted by atomic mass is 10.1. The molecule has 1 aromatic carbocycles. The predicted octanol–water partition coefficient (Wildman–Crippen LogP) is 16.6. The molecule has 0 saturated heterocycles. The second-order valence-electron chi connectivity index (χ2n) is 10.6. The fourth-order valence-corrected chi connectivity index (χ4v) is 18.1. The van der Waals surface area contributed by atoms with Gasteiger partial charge in [-0.1, -0.05) is 70.6 Å². The summed E-state index contributed by atoms with van der Waals surface area (Å²) in [4.78, 5) is 8.18. The number of thioether (sulfide) groups is 9. The van der Waals surface area contributed by atoms with Gasteiger partial charge in [0.2, 0.25) is 0 Å². The Morgan fingerprint density at radius 2 is 0.646 bits per heavy atom. The van der Waals surface area contributed by atoms with Crippen LogP contribution >= 0.6 is 140 Å². The molecule has 3 aromatic heterocycles. The molecule has 0 radical (unpaired) electrons. The van der Waals surface area contributed by atoms with Crippen molar-refractivity contribution in [2.75, 3.05) is 0 Å². The van der Waals surface area contributed by atoms with Gasteiger partial charge in [-0.2, -0.15) is 0 Å². The van der Waals surface area contributed by atoms with E-state index in [-0.39, 0.29) is 0 Å². The van der Waals surface area contributed by atoms with Crippen LogP contribution in [-0.4, -0.2) is 0 Å². The summed E-state index contributed by atoms with van der Waals surface area (Å²) in [6, 6.07) is 7.43. The Kier molecular flexibility index (Phi) is 9.02. The first-order valence-corrected chi connectivity index (χ1v) is 24.9. The monoisotopic (exact) mass is 834 g/mol. The molecule has 4 aromatic rings. The van der Waals surface area contributed by atoms with Crippen LogP contribution in [-0.2, 0) is 0 Å². The predicted molar refractivity (Wildman–Crippen MR) is 241 cm³/mol. The molecule has 234 valence electrons. The zero-order valence-corrected chi connectivity index (χ0v) is 34.1. The summed E-state index contributed by atoms with van der Waals surface area (Å²) in [5.74, 6) is 0. The third kappa shape index (κ3) is 5.89. The third-order valence-corrected chi connectivity index (χ3v) is 20.9. The highest BCUT2D eigenvalue weighted by atomic mass is 32.2. The molecule has 0 N–H and O–H groups in total. The molecule has 48 heavy (non-hydrogen) atoms. The number of rotatable bonds is 3. The van der Waals surface area contributed by atoms with Crippen molar-refractivity contribution in [3.63, 3.8) is 0 Å². The minimum Gasteiger partial charge on any atom is -0.134 e. The summed E-state index contributed by atoms with van der Waals surface area (Å²) < 4.78 is 8.33. The van der Waals surface area contributed by atoms with Crippen molar-refractivity contribution in [3.05, 3.63) is 147 Å². The van der Waals surface area contributed by atoms with Crippen LogP contribution in [0.25, 0.3) is 45.0 Å². The molecule has 0 fully saturated rings. The van der Waals surface area contributed by atoms with Crippen molar-refractivity contribution >= 4 is 185 Å². The van der Waals surface area contributed by atoms with Crippen LogP contribution < -0.4 is 0 Å². The fraction of sp³-hybridized carbons (Fsp3) is 0. The van der Waals surface area contributed by atoms with Crippen LogP contribution in [0.15, 0.2) is 133 Å². The lowest BCUT2D eigenvalue weighted by Gasteiger charge is -2.04. The largest absolute Gasteiger partial charge is 0.134 e. The first-order chi connectivity index (χ1) is 23.7. The van der Waals surface area contributed by atoms with Gasteiger partial charge < -0.3 is 0 Å². The first kappa shape index (κ1) is 31.8. The Bertz CT molecular complexity index is 2060. The zero-order chi connectivity index (χ0) is 31.6. The SMILES string of the molecule is C1=CC(=C2SC=C(c3cc4c(s3)c3cc(C5=CSC(=C6C=CSC=C6)S5)sc3c3cc(C5=CSC(=C6C=CSC=C6)S5)sc43)S2)C=CS1. The second-order valence-corrected chi connectivity index (χ2v) is 22.8. The number of allylic oxidation sites excluding steroid dienone is 9. The Morgan fingerprint density at radius 3 is 0.938 bits per heavy atom. The van der Waals surface area contributed by atoms with E-state index in [2.05, 4.69) is 103 Å². The Morgan fingerprint density at radius 1 is 0.354 bits per heavy atom. The molecule has 10 rings (SSSR count). The van der Waals surface area contributed by atoms with E-state index in [9.17, 15) is 0 Å². The van der Waals surface area contributed by atoms with Crippen LogP contribution in [0.3, 0.4) is 0 Å². The molecular weight excluding hydrogens is 817 g/mol. The van der Waals surface area contributed by atoms with E-state index in [0.717, 1.165) is 0 Å². The summed E-state index contributed by atoms with van der Waals surface area (Å²) in [5.41, 5.74) is 3.93. The molecule has 0 bridgehead atoms. The van der Waals surface area contributed by atoms with E-state index in [1.807, 2.05) is 105 Å². The van der Waals surface area contributed by atoms with Gasteiger partial charge in [0.1, 0.15) is 0 Å². The summed E-state index contributed by atoms with van der Waals surface area (Å²) in [5, 5.41) is 24.3. The van der Waals surface area contributed by atoms with E-state index >= 15 is 0 Å². The van der Waals surface area contributed by atoms with Gasteiger partial charge in [-0.05, 0) is 120 Å². The van der Waals surface area contributed by atoms with E-state index in [1.54, 1.807) is 35.3 Å². The molecule has 0 unspecified atom stereocenters. The van der Waals surface area contributed by atoms with Gasteiger partial charge in [0.05, 0.1) is 12.7 Å². The molecule has 0 amide bonds. The molecule has 0 aliphatic carbocycles. The van der Waals surface area contributed by atoms with Gasteiger partial charge in [-0.3, -0.25) is 0 Å². The van der Waals surface area contributed by atoms with E-state index in [4.69, 9.17) is 0 Å². The highest BCUT2D eigenvalue weighted by Gasteiger charge is 2.26. The Labute approximate surface area is 328 Å². The molecule has 9 heterocycles. The number of fused-ring (bicyclic) bond motifs is 6. The smallest absolute Gasteiger partial charge is 0.0566 e. The molecule has 0 atom stereocenters. The topological polar surface area (TPSA) is 0 Å². The second kappa shape index (κ2) is 13.6. The first-order valence-electron chi connectivity index (χ1n) is 14.5. The van der Waals surface area contributed by atoms with Gasteiger partial charge in [0.25, 0.3) is 0 Å². The number of hydrogen-bond donors (Lipinski definition) is 0. The molecule has 6 aliphatic heterocycles.